The quantitative estimate of drug-likeness (QED) is 0.624. The van der Waals surface area contributed by atoms with Crippen molar-refractivity contribution in [3.05, 3.63) is 69.7 Å². The third-order valence-corrected chi connectivity index (χ3v) is 3.47. The smallest absolute Gasteiger partial charge is 0.259 e. The molecule has 0 atom stereocenters. The Morgan fingerprint density at radius 2 is 1.91 bits per heavy atom. The summed E-state index contributed by atoms with van der Waals surface area (Å²) in [6.45, 7) is 1.85. The molecule has 0 aliphatic carbocycles. The van der Waals surface area contributed by atoms with Crippen LogP contribution in [0.1, 0.15) is 21.5 Å². The minimum absolute atomic E-state index is 0.142. The van der Waals surface area contributed by atoms with E-state index >= 15 is 0 Å². The van der Waals surface area contributed by atoms with E-state index in [1.54, 1.807) is 24.4 Å². The van der Waals surface area contributed by atoms with Crippen LogP contribution in [0, 0.1) is 6.92 Å². The minimum Gasteiger partial charge on any atom is -0.343 e. The van der Waals surface area contributed by atoms with Gasteiger partial charge in [-0.15, -0.1) is 0 Å². The Kier molecular flexibility index (Phi) is 6.05. The predicted molar refractivity (Wildman–Crippen MR) is 93.4 cm³/mol. The van der Waals surface area contributed by atoms with Gasteiger partial charge in [0.25, 0.3) is 11.8 Å². The first-order valence-electron chi connectivity index (χ1n) is 6.97. The van der Waals surface area contributed by atoms with Crippen LogP contribution in [0.3, 0.4) is 0 Å². The SMILES string of the molecule is Cc1ccc(/C=N\NC(=O)CNC(=O)c2cccc(Br)c2)cc1. The van der Waals surface area contributed by atoms with Gasteiger partial charge in [-0.1, -0.05) is 51.8 Å². The number of benzene rings is 2. The van der Waals surface area contributed by atoms with Crippen molar-refractivity contribution in [2.75, 3.05) is 6.54 Å². The Hall–Kier alpha value is -2.47. The fourth-order valence-electron chi connectivity index (χ4n) is 1.76. The van der Waals surface area contributed by atoms with E-state index in [0.717, 1.165) is 15.6 Å². The second-order valence-corrected chi connectivity index (χ2v) is 5.81. The van der Waals surface area contributed by atoms with Crippen molar-refractivity contribution in [2.24, 2.45) is 5.10 Å². The highest BCUT2D eigenvalue weighted by atomic mass is 79.9. The van der Waals surface area contributed by atoms with Gasteiger partial charge in [0.2, 0.25) is 0 Å². The molecule has 0 aliphatic rings. The number of aryl methyl sites for hydroxylation is 1. The standard InChI is InChI=1S/C17H16BrN3O2/c1-12-5-7-13(8-6-12)10-20-21-16(22)11-19-17(23)14-3-2-4-15(18)9-14/h2-10H,11H2,1H3,(H,19,23)(H,21,22)/b20-10-. The molecule has 0 aliphatic heterocycles. The molecule has 5 nitrogen and oxygen atoms in total. The van der Waals surface area contributed by atoms with Crippen LogP contribution in [0.15, 0.2) is 58.1 Å². The van der Waals surface area contributed by atoms with E-state index < -0.39 is 5.91 Å². The lowest BCUT2D eigenvalue weighted by Gasteiger charge is -2.04. The van der Waals surface area contributed by atoms with Crippen LogP contribution in [0.25, 0.3) is 0 Å². The Labute approximate surface area is 142 Å². The van der Waals surface area contributed by atoms with E-state index in [4.69, 9.17) is 0 Å². The second kappa shape index (κ2) is 8.24. The summed E-state index contributed by atoms with van der Waals surface area (Å²) in [5.74, 6) is -0.708. The van der Waals surface area contributed by atoms with E-state index in [9.17, 15) is 9.59 Å². The fraction of sp³-hybridized carbons (Fsp3) is 0.118. The summed E-state index contributed by atoms with van der Waals surface area (Å²) >= 11 is 3.29. The number of hydrazone groups is 1. The number of halogens is 1. The van der Waals surface area contributed by atoms with Crippen molar-refractivity contribution in [3.8, 4) is 0 Å². The van der Waals surface area contributed by atoms with E-state index in [2.05, 4.69) is 31.8 Å². The molecule has 0 fully saturated rings. The summed E-state index contributed by atoms with van der Waals surface area (Å²) in [4.78, 5) is 23.5. The summed E-state index contributed by atoms with van der Waals surface area (Å²) in [6, 6.07) is 14.7. The van der Waals surface area contributed by atoms with E-state index in [1.807, 2.05) is 37.3 Å². The molecule has 2 aromatic carbocycles. The maximum Gasteiger partial charge on any atom is 0.259 e. The lowest BCUT2D eigenvalue weighted by molar-refractivity contribution is -0.120. The van der Waals surface area contributed by atoms with Gasteiger partial charge in [-0.05, 0) is 30.7 Å². The van der Waals surface area contributed by atoms with Crippen molar-refractivity contribution >= 4 is 34.0 Å². The first-order chi connectivity index (χ1) is 11.0. The molecule has 2 amide bonds. The molecule has 2 rings (SSSR count). The molecule has 6 heteroatoms. The molecule has 118 valence electrons. The summed E-state index contributed by atoms with van der Waals surface area (Å²) in [6.07, 6.45) is 1.55. The van der Waals surface area contributed by atoms with Crippen molar-refractivity contribution < 1.29 is 9.59 Å². The van der Waals surface area contributed by atoms with Crippen LogP contribution in [0.2, 0.25) is 0 Å². The lowest BCUT2D eigenvalue weighted by Crippen LogP contribution is -2.34. The maximum absolute atomic E-state index is 11.9. The molecule has 0 unspecified atom stereocenters. The third-order valence-electron chi connectivity index (χ3n) is 2.98. The van der Waals surface area contributed by atoms with E-state index in [-0.39, 0.29) is 12.5 Å². The summed E-state index contributed by atoms with van der Waals surface area (Å²) < 4.78 is 0.803. The van der Waals surface area contributed by atoms with Gasteiger partial charge in [-0.2, -0.15) is 5.10 Å². The number of carbonyl (C=O) groups excluding carboxylic acids is 2. The Balaban J connectivity index is 1.78. The number of rotatable bonds is 5. The van der Waals surface area contributed by atoms with Gasteiger partial charge < -0.3 is 5.32 Å². The van der Waals surface area contributed by atoms with Gasteiger partial charge in [0.1, 0.15) is 0 Å². The van der Waals surface area contributed by atoms with Gasteiger partial charge in [-0.25, -0.2) is 5.43 Å². The number of carbonyl (C=O) groups is 2. The maximum atomic E-state index is 11.9. The number of amides is 2. The molecule has 0 heterocycles. The summed E-state index contributed by atoms with van der Waals surface area (Å²) in [7, 11) is 0. The van der Waals surface area contributed by atoms with Gasteiger partial charge in [0.15, 0.2) is 0 Å². The first-order valence-corrected chi connectivity index (χ1v) is 7.76. The Morgan fingerprint density at radius 1 is 1.17 bits per heavy atom. The topological polar surface area (TPSA) is 70.6 Å². The van der Waals surface area contributed by atoms with Crippen LogP contribution in [0.5, 0.6) is 0 Å². The minimum atomic E-state index is -0.392. The van der Waals surface area contributed by atoms with Gasteiger partial charge >= 0.3 is 0 Å². The van der Waals surface area contributed by atoms with Crippen molar-refractivity contribution in [1.82, 2.24) is 10.7 Å². The number of nitrogens with zero attached hydrogens (tertiary/aromatic N) is 1. The number of nitrogens with one attached hydrogen (secondary N) is 2. The van der Waals surface area contributed by atoms with Crippen LogP contribution < -0.4 is 10.7 Å². The molecule has 0 saturated carbocycles. The number of hydrogen-bond donors (Lipinski definition) is 2. The molecular formula is C17H16BrN3O2. The normalized spacial score (nSPS) is 10.5. The molecule has 0 saturated heterocycles. The zero-order chi connectivity index (χ0) is 16.7. The molecular weight excluding hydrogens is 358 g/mol. The largest absolute Gasteiger partial charge is 0.343 e. The Morgan fingerprint density at radius 3 is 2.61 bits per heavy atom. The molecule has 2 aromatic rings. The average Bonchev–Trinajstić information content (AvgIpc) is 2.54. The molecule has 0 aromatic heterocycles. The molecule has 0 bridgehead atoms. The third kappa shape index (κ3) is 5.67. The van der Waals surface area contributed by atoms with Crippen LogP contribution in [0.4, 0.5) is 0 Å². The summed E-state index contributed by atoms with van der Waals surface area (Å²) in [5, 5.41) is 6.39. The highest BCUT2D eigenvalue weighted by Crippen LogP contribution is 2.11. The molecule has 23 heavy (non-hydrogen) atoms. The number of hydrogen-bond acceptors (Lipinski definition) is 3. The van der Waals surface area contributed by atoms with Crippen molar-refractivity contribution in [1.29, 1.82) is 0 Å². The molecule has 0 radical (unpaired) electrons. The highest BCUT2D eigenvalue weighted by molar-refractivity contribution is 9.10. The summed E-state index contributed by atoms with van der Waals surface area (Å²) in [5.41, 5.74) is 4.89. The highest BCUT2D eigenvalue weighted by Gasteiger charge is 2.07. The van der Waals surface area contributed by atoms with Gasteiger partial charge in [0, 0.05) is 10.0 Å². The van der Waals surface area contributed by atoms with Crippen molar-refractivity contribution in [3.63, 3.8) is 0 Å². The van der Waals surface area contributed by atoms with Gasteiger partial charge in [-0.3, -0.25) is 9.59 Å². The van der Waals surface area contributed by atoms with E-state index in [1.165, 1.54) is 0 Å². The second-order valence-electron chi connectivity index (χ2n) is 4.90. The Bertz CT molecular complexity index is 727. The molecule has 0 spiro atoms. The average molecular weight is 374 g/mol. The van der Waals surface area contributed by atoms with Crippen molar-refractivity contribution in [2.45, 2.75) is 6.92 Å². The molecule has 2 N–H and O–H groups in total. The zero-order valence-electron chi connectivity index (χ0n) is 12.5. The first kappa shape index (κ1) is 16.9. The lowest BCUT2D eigenvalue weighted by atomic mass is 10.2. The van der Waals surface area contributed by atoms with Crippen LogP contribution in [-0.2, 0) is 4.79 Å². The van der Waals surface area contributed by atoms with Crippen LogP contribution in [-0.4, -0.2) is 24.6 Å². The van der Waals surface area contributed by atoms with Gasteiger partial charge in [0.05, 0.1) is 12.8 Å². The fourth-order valence-corrected chi connectivity index (χ4v) is 2.16. The van der Waals surface area contributed by atoms with Crippen LogP contribution >= 0.6 is 15.9 Å². The van der Waals surface area contributed by atoms with E-state index in [0.29, 0.717) is 5.56 Å². The predicted octanol–water partition coefficient (Wildman–Crippen LogP) is 2.64. The monoisotopic (exact) mass is 373 g/mol. The zero-order valence-corrected chi connectivity index (χ0v) is 14.1.